The summed E-state index contributed by atoms with van der Waals surface area (Å²) in [4.78, 5) is 24.8. The predicted octanol–water partition coefficient (Wildman–Crippen LogP) is 4.33. The predicted molar refractivity (Wildman–Crippen MR) is 118 cm³/mol. The number of ether oxygens (including phenoxy) is 2. The van der Waals surface area contributed by atoms with Crippen molar-refractivity contribution >= 4 is 40.3 Å². The lowest BCUT2D eigenvalue weighted by Crippen LogP contribution is -2.49. The lowest BCUT2D eigenvalue weighted by molar-refractivity contribution is 0.0153. The highest BCUT2D eigenvalue weighted by atomic mass is 35.5. The number of hydrogen-bond donors (Lipinski definition) is 1. The minimum absolute atomic E-state index is 0.253. The summed E-state index contributed by atoms with van der Waals surface area (Å²) < 4.78 is 16.1. The first-order valence-corrected chi connectivity index (χ1v) is 10.5. The number of nitrogens with zero attached hydrogens (tertiary/aromatic N) is 1. The van der Waals surface area contributed by atoms with Gasteiger partial charge < -0.3 is 13.9 Å². The standard InChI is InChI=1S/C22H20Cl2N2O5/c1-13-15-6-5-14(30-22(28)25-26-7-9-29-10-8-26)11-20(15)31-21(27)16(13)12-17-18(23)3-2-4-19(17)24/h2-6,11H,7-10,12H2,1H3,(H,25,28). The van der Waals surface area contributed by atoms with Gasteiger partial charge in [-0.2, -0.15) is 0 Å². The third kappa shape index (κ3) is 4.85. The van der Waals surface area contributed by atoms with Crippen molar-refractivity contribution < 1.29 is 18.7 Å². The molecule has 1 aromatic heterocycles. The van der Waals surface area contributed by atoms with Crippen molar-refractivity contribution in [3.8, 4) is 5.75 Å². The molecule has 162 valence electrons. The molecule has 1 N–H and O–H groups in total. The molecule has 2 heterocycles. The number of carbonyl (C=O) groups excluding carboxylic acids is 1. The lowest BCUT2D eigenvalue weighted by atomic mass is 9.99. The molecule has 31 heavy (non-hydrogen) atoms. The smallest absolute Gasteiger partial charge is 0.422 e. The average molecular weight is 463 g/mol. The van der Waals surface area contributed by atoms with Crippen LogP contribution in [-0.4, -0.2) is 37.4 Å². The van der Waals surface area contributed by atoms with E-state index >= 15 is 0 Å². The van der Waals surface area contributed by atoms with E-state index in [0.717, 1.165) is 10.9 Å². The van der Waals surface area contributed by atoms with Crippen molar-refractivity contribution in [3.63, 3.8) is 0 Å². The number of carbonyl (C=O) groups is 1. The van der Waals surface area contributed by atoms with E-state index in [2.05, 4.69) is 5.43 Å². The van der Waals surface area contributed by atoms with Gasteiger partial charge >= 0.3 is 11.7 Å². The molecule has 3 aromatic rings. The number of hydrogen-bond acceptors (Lipinski definition) is 6. The van der Waals surface area contributed by atoms with Crippen molar-refractivity contribution in [2.75, 3.05) is 26.3 Å². The fourth-order valence-electron chi connectivity index (χ4n) is 3.45. The Kier molecular flexibility index (Phi) is 6.48. The fraction of sp³-hybridized carbons (Fsp3) is 0.273. The highest BCUT2D eigenvalue weighted by molar-refractivity contribution is 6.36. The number of halogens is 2. The molecule has 0 aliphatic carbocycles. The number of morpholine rings is 1. The van der Waals surface area contributed by atoms with Crippen molar-refractivity contribution in [3.05, 3.63) is 73.6 Å². The molecular weight excluding hydrogens is 443 g/mol. The molecule has 4 rings (SSSR count). The fourth-order valence-corrected chi connectivity index (χ4v) is 3.99. The van der Waals surface area contributed by atoms with E-state index in [9.17, 15) is 9.59 Å². The Labute approximate surface area is 188 Å². The second-order valence-corrected chi connectivity index (χ2v) is 7.94. The lowest BCUT2D eigenvalue weighted by Gasteiger charge is -2.26. The quantitative estimate of drug-likeness (QED) is 0.580. The summed E-state index contributed by atoms with van der Waals surface area (Å²) in [6.45, 7) is 4.09. The molecular formula is C22H20Cl2N2O5. The molecule has 2 aromatic carbocycles. The highest BCUT2D eigenvalue weighted by Gasteiger charge is 2.17. The zero-order valence-corrected chi connectivity index (χ0v) is 18.3. The van der Waals surface area contributed by atoms with Gasteiger partial charge in [-0.3, -0.25) is 5.43 Å². The first-order chi connectivity index (χ1) is 14.9. The highest BCUT2D eigenvalue weighted by Crippen LogP contribution is 2.29. The van der Waals surface area contributed by atoms with Crippen LogP contribution in [0.5, 0.6) is 5.75 Å². The number of hydrazine groups is 1. The van der Waals surface area contributed by atoms with Gasteiger partial charge in [-0.25, -0.2) is 14.6 Å². The maximum absolute atomic E-state index is 12.7. The number of fused-ring (bicyclic) bond motifs is 1. The SMILES string of the molecule is Cc1c(Cc2c(Cl)cccc2Cl)c(=O)oc2cc(OC(=O)NN3CCOCC3)ccc12. The summed E-state index contributed by atoms with van der Waals surface area (Å²) >= 11 is 12.5. The van der Waals surface area contributed by atoms with Crippen LogP contribution < -0.4 is 15.8 Å². The van der Waals surface area contributed by atoms with Gasteiger partial charge in [-0.05, 0) is 42.3 Å². The zero-order chi connectivity index (χ0) is 22.0. The van der Waals surface area contributed by atoms with Crippen LogP contribution in [0.4, 0.5) is 4.79 Å². The van der Waals surface area contributed by atoms with Crippen molar-refractivity contribution in [1.29, 1.82) is 0 Å². The van der Waals surface area contributed by atoms with Gasteiger partial charge in [0.15, 0.2) is 0 Å². The number of aryl methyl sites for hydroxylation is 1. The molecule has 1 fully saturated rings. The summed E-state index contributed by atoms with van der Waals surface area (Å²) in [7, 11) is 0. The third-order valence-electron chi connectivity index (χ3n) is 5.15. The molecule has 1 amide bonds. The second kappa shape index (κ2) is 9.28. The number of nitrogens with one attached hydrogen (secondary N) is 1. The monoisotopic (exact) mass is 462 g/mol. The number of rotatable bonds is 4. The van der Waals surface area contributed by atoms with Gasteiger partial charge in [0.05, 0.1) is 13.2 Å². The molecule has 1 saturated heterocycles. The summed E-state index contributed by atoms with van der Waals surface area (Å²) in [6, 6.07) is 10.1. The van der Waals surface area contributed by atoms with E-state index in [-0.39, 0.29) is 12.2 Å². The van der Waals surface area contributed by atoms with Gasteiger partial charge in [-0.15, -0.1) is 0 Å². The molecule has 0 unspecified atom stereocenters. The zero-order valence-electron chi connectivity index (χ0n) is 16.7. The Morgan fingerprint density at radius 3 is 2.55 bits per heavy atom. The van der Waals surface area contributed by atoms with E-state index in [4.69, 9.17) is 37.1 Å². The number of amides is 1. The van der Waals surface area contributed by atoms with Crippen LogP contribution >= 0.6 is 23.2 Å². The minimum Gasteiger partial charge on any atom is -0.422 e. The van der Waals surface area contributed by atoms with Crippen molar-refractivity contribution in [2.24, 2.45) is 0 Å². The molecule has 9 heteroatoms. The first-order valence-electron chi connectivity index (χ1n) is 9.73. The Morgan fingerprint density at radius 1 is 1.13 bits per heavy atom. The largest absolute Gasteiger partial charge is 0.427 e. The minimum atomic E-state index is -0.620. The summed E-state index contributed by atoms with van der Waals surface area (Å²) in [5.74, 6) is 0.266. The van der Waals surface area contributed by atoms with E-state index in [1.165, 1.54) is 6.07 Å². The van der Waals surface area contributed by atoms with Crippen LogP contribution in [0.3, 0.4) is 0 Å². The summed E-state index contributed by atoms with van der Waals surface area (Å²) in [6.07, 6.45) is -0.367. The van der Waals surface area contributed by atoms with Crippen LogP contribution in [0, 0.1) is 6.92 Å². The normalized spacial score (nSPS) is 14.5. The average Bonchev–Trinajstić information content (AvgIpc) is 2.73. The van der Waals surface area contributed by atoms with E-state index in [1.807, 2.05) is 6.92 Å². The molecule has 7 nitrogen and oxygen atoms in total. The summed E-state index contributed by atoms with van der Waals surface area (Å²) in [5.41, 5.74) is 4.39. The third-order valence-corrected chi connectivity index (χ3v) is 5.85. The molecule has 1 aliphatic rings. The molecule has 0 spiro atoms. The number of benzene rings is 2. The Balaban J connectivity index is 1.57. The van der Waals surface area contributed by atoms with E-state index < -0.39 is 11.7 Å². The van der Waals surface area contributed by atoms with Gasteiger partial charge in [0.2, 0.25) is 0 Å². The van der Waals surface area contributed by atoms with Gasteiger partial charge in [0.1, 0.15) is 11.3 Å². The van der Waals surface area contributed by atoms with E-state index in [0.29, 0.717) is 53.1 Å². The van der Waals surface area contributed by atoms with Crippen molar-refractivity contribution in [2.45, 2.75) is 13.3 Å². The topological polar surface area (TPSA) is 81.0 Å². The maximum Gasteiger partial charge on any atom is 0.427 e. The van der Waals surface area contributed by atoms with Crippen molar-refractivity contribution in [1.82, 2.24) is 10.4 Å². The Morgan fingerprint density at radius 2 is 1.84 bits per heavy atom. The second-order valence-electron chi connectivity index (χ2n) is 7.13. The van der Waals surface area contributed by atoms with Crippen LogP contribution in [-0.2, 0) is 11.2 Å². The van der Waals surface area contributed by atoms with Crippen LogP contribution in [0.2, 0.25) is 10.0 Å². The molecule has 0 bridgehead atoms. The van der Waals surface area contributed by atoms with Crippen LogP contribution in [0.25, 0.3) is 11.0 Å². The van der Waals surface area contributed by atoms with Gasteiger partial charge in [-0.1, -0.05) is 29.3 Å². The van der Waals surface area contributed by atoms with Crippen LogP contribution in [0.15, 0.2) is 45.6 Å². The van der Waals surface area contributed by atoms with Gasteiger partial charge in [0, 0.05) is 46.6 Å². The molecule has 0 radical (unpaired) electrons. The molecule has 1 aliphatic heterocycles. The van der Waals surface area contributed by atoms with Gasteiger partial charge in [0.25, 0.3) is 0 Å². The van der Waals surface area contributed by atoms with Crippen LogP contribution in [0.1, 0.15) is 16.7 Å². The Hall–Kier alpha value is -2.58. The first kappa shape index (κ1) is 21.6. The molecule has 0 atom stereocenters. The maximum atomic E-state index is 12.7. The van der Waals surface area contributed by atoms with E-state index in [1.54, 1.807) is 35.3 Å². The Bertz CT molecular complexity index is 1170. The summed E-state index contributed by atoms with van der Waals surface area (Å²) in [5, 5.41) is 3.44. The molecule has 0 saturated carbocycles.